The number of benzene rings is 2. The predicted molar refractivity (Wildman–Crippen MR) is 111 cm³/mol. The number of alkyl halides is 1. The molecule has 1 N–H and O–H groups in total. The Morgan fingerprint density at radius 2 is 2.00 bits per heavy atom. The van der Waals surface area contributed by atoms with Crippen LogP contribution in [0, 0.1) is 6.92 Å². The molecule has 2 aromatic rings. The maximum Gasteiger partial charge on any atom is 0.242 e. The standard InChI is InChI=1S/C20H21ClN2O3S/c1-12-4-9-17(26-3)16(10-12)23-18(24)11-27-20(23)14-5-7-15(8-6-14)22-19(25)13(2)21/h4-10,13,20H,11H2,1-3H3,(H,22,25). The lowest BCUT2D eigenvalue weighted by Gasteiger charge is -2.26. The Labute approximate surface area is 168 Å². The van der Waals surface area contributed by atoms with Crippen LogP contribution < -0.4 is 15.0 Å². The van der Waals surface area contributed by atoms with Crippen LogP contribution in [0.25, 0.3) is 0 Å². The SMILES string of the molecule is COc1ccc(C)cc1N1C(=O)CSC1c1ccc(NC(=O)C(C)Cl)cc1. The number of halogens is 1. The van der Waals surface area contributed by atoms with Gasteiger partial charge in [-0.15, -0.1) is 23.4 Å². The van der Waals surface area contributed by atoms with Gasteiger partial charge in [-0.3, -0.25) is 14.5 Å². The van der Waals surface area contributed by atoms with Crippen molar-refractivity contribution >= 4 is 46.6 Å². The highest BCUT2D eigenvalue weighted by Crippen LogP contribution is 2.45. The van der Waals surface area contributed by atoms with Gasteiger partial charge < -0.3 is 10.1 Å². The Morgan fingerprint density at radius 3 is 2.63 bits per heavy atom. The summed E-state index contributed by atoms with van der Waals surface area (Å²) >= 11 is 7.35. The van der Waals surface area contributed by atoms with Crippen molar-refractivity contribution in [3.05, 3.63) is 53.6 Å². The normalized spacial score (nSPS) is 17.7. The predicted octanol–water partition coefficient (Wildman–Crippen LogP) is 4.35. The van der Waals surface area contributed by atoms with Gasteiger partial charge in [0.25, 0.3) is 0 Å². The van der Waals surface area contributed by atoms with Gasteiger partial charge in [0, 0.05) is 5.69 Å². The van der Waals surface area contributed by atoms with Crippen molar-refractivity contribution in [3.63, 3.8) is 0 Å². The van der Waals surface area contributed by atoms with Crippen LogP contribution in [-0.4, -0.2) is 30.1 Å². The molecular weight excluding hydrogens is 384 g/mol. The maximum absolute atomic E-state index is 12.6. The molecule has 2 aromatic carbocycles. The van der Waals surface area contributed by atoms with E-state index in [-0.39, 0.29) is 17.2 Å². The van der Waals surface area contributed by atoms with E-state index in [0.717, 1.165) is 16.8 Å². The second kappa shape index (κ2) is 8.23. The van der Waals surface area contributed by atoms with E-state index < -0.39 is 5.38 Å². The number of carbonyl (C=O) groups is 2. The van der Waals surface area contributed by atoms with Crippen molar-refractivity contribution < 1.29 is 14.3 Å². The minimum absolute atomic E-state index is 0.0437. The molecule has 1 saturated heterocycles. The zero-order valence-corrected chi connectivity index (χ0v) is 16.9. The number of methoxy groups -OCH3 is 1. The van der Waals surface area contributed by atoms with Crippen molar-refractivity contribution in [2.75, 3.05) is 23.1 Å². The third-order valence-corrected chi connectivity index (χ3v) is 5.70. The van der Waals surface area contributed by atoms with E-state index in [9.17, 15) is 9.59 Å². The van der Waals surface area contributed by atoms with Gasteiger partial charge in [0.05, 0.1) is 18.6 Å². The van der Waals surface area contributed by atoms with Gasteiger partial charge in [0.15, 0.2) is 0 Å². The van der Waals surface area contributed by atoms with Crippen LogP contribution in [0.15, 0.2) is 42.5 Å². The molecule has 5 nitrogen and oxygen atoms in total. The van der Waals surface area contributed by atoms with Gasteiger partial charge in [-0.25, -0.2) is 0 Å². The molecule has 142 valence electrons. The van der Waals surface area contributed by atoms with E-state index in [4.69, 9.17) is 16.3 Å². The van der Waals surface area contributed by atoms with Crippen LogP contribution in [0.4, 0.5) is 11.4 Å². The van der Waals surface area contributed by atoms with Crippen molar-refractivity contribution in [1.29, 1.82) is 0 Å². The quantitative estimate of drug-likeness (QED) is 0.753. The molecule has 1 aliphatic rings. The van der Waals surface area contributed by atoms with Crippen LogP contribution in [0.3, 0.4) is 0 Å². The van der Waals surface area contributed by atoms with E-state index in [1.807, 2.05) is 49.4 Å². The van der Waals surface area contributed by atoms with Crippen LogP contribution in [-0.2, 0) is 9.59 Å². The second-order valence-corrected chi connectivity index (χ2v) is 8.05. The lowest BCUT2D eigenvalue weighted by atomic mass is 10.1. The zero-order chi connectivity index (χ0) is 19.6. The monoisotopic (exact) mass is 404 g/mol. The van der Waals surface area contributed by atoms with Crippen LogP contribution >= 0.6 is 23.4 Å². The number of hydrogen-bond donors (Lipinski definition) is 1. The smallest absolute Gasteiger partial charge is 0.242 e. The van der Waals surface area contributed by atoms with E-state index in [0.29, 0.717) is 17.2 Å². The molecule has 1 heterocycles. The summed E-state index contributed by atoms with van der Waals surface area (Å²) in [5.74, 6) is 0.869. The van der Waals surface area contributed by atoms with Crippen molar-refractivity contribution in [2.45, 2.75) is 24.6 Å². The number of amides is 2. The van der Waals surface area contributed by atoms with Crippen molar-refractivity contribution in [1.82, 2.24) is 0 Å². The number of rotatable bonds is 5. The van der Waals surface area contributed by atoms with E-state index >= 15 is 0 Å². The zero-order valence-electron chi connectivity index (χ0n) is 15.4. The fourth-order valence-corrected chi connectivity index (χ4v) is 4.12. The first-order chi connectivity index (χ1) is 12.9. The average molecular weight is 405 g/mol. The number of ether oxygens (including phenoxy) is 1. The van der Waals surface area contributed by atoms with Gasteiger partial charge in [-0.2, -0.15) is 0 Å². The highest BCUT2D eigenvalue weighted by atomic mass is 35.5. The Balaban J connectivity index is 1.89. The summed E-state index contributed by atoms with van der Waals surface area (Å²) < 4.78 is 5.47. The molecule has 2 amide bonds. The molecule has 27 heavy (non-hydrogen) atoms. The fourth-order valence-electron chi connectivity index (χ4n) is 2.89. The molecule has 0 radical (unpaired) electrons. The topological polar surface area (TPSA) is 58.6 Å². The molecule has 7 heteroatoms. The maximum atomic E-state index is 12.6. The Hall–Kier alpha value is -2.18. The molecule has 1 fully saturated rings. The minimum Gasteiger partial charge on any atom is -0.495 e. The van der Waals surface area contributed by atoms with E-state index in [1.165, 1.54) is 0 Å². The molecule has 1 aliphatic heterocycles. The summed E-state index contributed by atoms with van der Waals surface area (Å²) in [6.45, 7) is 3.61. The molecule has 2 atom stereocenters. The second-order valence-electron chi connectivity index (χ2n) is 6.33. The highest BCUT2D eigenvalue weighted by molar-refractivity contribution is 8.00. The van der Waals surface area contributed by atoms with Crippen LogP contribution in [0.1, 0.15) is 23.4 Å². The summed E-state index contributed by atoms with van der Waals surface area (Å²) in [7, 11) is 1.60. The van der Waals surface area contributed by atoms with Gasteiger partial charge >= 0.3 is 0 Å². The molecule has 0 saturated carbocycles. The minimum atomic E-state index is -0.600. The number of nitrogens with zero attached hydrogens (tertiary/aromatic N) is 1. The molecule has 0 aliphatic carbocycles. The van der Waals surface area contributed by atoms with E-state index in [1.54, 1.807) is 30.7 Å². The van der Waals surface area contributed by atoms with Gasteiger partial charge in [-0.05, 0) is 49.2 Å². The average Bonchev–Trinajstić information content (AvgIpc) is 3.03. The summed E-state index contributed by atoms with van der Waals surface area (Å²) in [5, 5.41) is 2.01. The lowest BCUT2D eigenvalue weighted by Crippen LogP contribution is -2.28. The Morgan fingerprint density at radius 1 is 1.30 bits per heavy atom. The fraction of sp³-hybridized carbons (Fsp3) is 0.300. The first-order valence-electron chi connectivity index (χ1n) is 8.54. The van der Waals surface area contributed by atoms with Crippen molar-refractivity contribution in [3.8, 4) is 5.75 Å². The summed E-state index contributed by atoms with van der Waals surface area (Å²) in [6.07, 6.45) is 0. The number of aryl methyl sites for hydroxylation is 1. The molecule has 0 aromatic heterocycles. The summed E-state index contributed by atoms with van der Waals surface area (Å²) in [5.41, 5.74) is 3.48. The molecule has 0 spiro atoms. The third kappa shape index (κ3) is 4.22. The highest BCUT2D eigenvalue weighted by Gasteiger charge is 2.35. The van der Waals surface area contributed by atoms with Gasteiger partial charge in [0.2, 0.25) is 11.8 Å². The number of nitrogens with one attached hydrogen (secondary N) is 1. The van der Waals surface area contributed by atoms with E-state index in [2.05, 4.69) is 5.32 Å². The molecular formula is C20H21ClN2O3S. The number of hydrogen-bond acceptors (Lipinski definition) is 4. The largest absolute Gasteiger partial charge is 0.495 e. The molecule has 2 unspecified atom stereocenters. The first-order valence-corrected chi connectivity index (χ1v) is 10.0. The molecule has 3 rings (SSSR count). The third-order valence-electron chi connectivity index (χ3n) is 4.29. The lowest BCUT2D eigenvalue weighted by molar-refractivity contribution is -0.116. The van der Waals surface area contributed by atoms with Gasteiger partial charge in [0.1, 0.15) is 16.5 Å². The number of anilines is 2. The molecule has 0 bridgehead atoms. The van der Waals surface area contributed by atoms with Gasteiger partial charge in [-0.1, -0.05) is 18.2 Å². The summed E-state index contributed by atoms with van der Waals surface area (Å²) in [6, 6.07) is 13.3. The summed E-state index contributed by atoms with van der Waals surface area (Å²) in [4.78, 5) is 26.1. The number of thioether (sulfide) groups is 1. The number of carbonyl (C=O) groups excluding carboxylic acids is 2. The Bertz CT molecular complexity index is 855. The first kappa shape index (κ1) is 19.6. The van der Waals surface area contributed by atoms with Crippen LogP contribution in [0.2, 0.25) is 0 Å². The van der Waals surface area contributed by atoms with Crippen molar-refractivity contribution in [2.24, 2.45) is 0 Å². The Kier molecular flexibility index (Phi) is 5.97. The van der Waals surface area contributed by atoms with Crippen LogP contribution in [0.5, 0.6) is 5.75 Å².